The predicted molar refractivity (Wildman–Crippen MR) is 97.7 cm³/mol. The molecule has 1 aliphatic carbocycles. The number of rotatable bonds is 3. The second-order valence-corrected chi connectivity index (χ2v) is 6.43. The average Bonchev–Trinajstić information content (AvgIpc) is 2.69. The fourth-order valence-electron chi connectivity index (χ4n) is 3.75. The number of carbonyl (C=O) groups excluding carboxylic acids is 1. The lowest BCUT2D eigenvalue weighted by Crippen LogP contribution is -2.24. The van der Waals surface area contributed by atoms with Gasteiger partial charge in [-0.2, -0.15) is 0 Å². The Balaban J connectivity index is 1.94. The third kappa shape index (κ3) is 2.53. The molecule has 0 amide bonds. The standard InChI is InChI=1S/C20H20N2O4/c1-24-16-6-4-5-14-17(16)22-15-10-11-7-8-12(20(23)26-3)9-13(11)19(25-2)18(15)21-14/h4-6,10,12H,7-9H2,1-3H3. The third-order valence-corrected chi connectivity index (χ3v) is 5.04. The SMILES string of the molecule is COC(=O)C1CCc2cc3nc4c(OC)cccc4nc3c(OC)c2C1. The first-order valence-corrected chi connectivity index (χ1v) is 8.57. The molecule has 0 N–H and O–H groups in total. The Morgan fingerprint density at radius 2 is 1.88 bits per heavy atom. The molecule has 1 heterocycles. The molecule has 0 spiro atoms. The first-order chi connectivity index (χ1) is 12.7. The van der Waals surface area contributed by atoms with Crippen LogP contribution in [0.15, 0.2) is 24.3 Å². The molecule has 0 aliphatic heterocycles. The van der Waals surface area contributed by atoms with Crippen LogP contribution >= 0.6 is 0 Å². The normalized spacial score (nSPS) is 16.3. The van der Waals surface area contributed by atoms with E-state index in [-0.39, 0.29) is 11.9 Å². The lowest BCUT2D eigenvalue weighted by atomic mass is 9.83. The molecule has 0 radical (unpaired) electrons. The largest absolute Gasteiger partial charge is 0.494 e. The minimum absolute atomic E-state index is 0.146. The lowest BCUT2D eigenvalue weighted by molar-refractivity contribution is -0.145. The number of hydrogen-bond donors (Lipinski definition) is 0. The molecule has 6 nitrogen and oxygen atoms in total. The van der Waals surface area contributed by atoms with E-state index in [9.17, 15) is 4.79 Å². The number of carbonyl (C=O) groups is 1. The van der Waals surface area contributed by atoms with Crippen molar-refractivity contribution in [3.8, 4) is 11.5 Å². The molecular formula is C20H20N2O4. The van der Waals surface area contributed by atoms with E-state index >= 15 is 0 Å². The van der Waals surface area contributed by atoms with Crippen LogP contribution in [0.4, 0.5) is 0 Å². The number of nitrogens with zero attached hydrogens (tertiary/aromatic N) is 2. The molecule has 1 atom stereocenters. The van der Waals surface area contributed by atoms with Crippen molar-refractivity contribution in [3.63, 3.8) is 0 Å². The highest BCUT2D eigenvalue weighted by Gasteiger charge is 2.29. The maximum atomic E-state index is 12.0. The van der Waals surface area contributed by atoms with Crippen LogP contribution in [0.1, 0.15) is 17.5 Å². The molecule has 1 unspecified atom stereocenters. The summed E-state index contributed by atoms with van der Waals surface area (Å²) in [6.45, 7) is 0. The number of ether oxygens (including phenoxy) is 3. The van der Waals surface area contributed by atoms with Crippen molar-refractivity contribution in [2.75, 3.05) is 21.3 Å². The number of fused-ring (bicyclic) bond motifs is 3. The van der Waals surface area contributed by atoms with Gasteiger partial charge in [-0.1, -0.05) is 6.07 Å². The van der Waals surface area contributed by atoms with Crippen molar-refractivity contribution in [1.29, 1.82) is 0 Å². The minimum Gasteiger partial charge on any atom is -0.494 e. The van der Waals surface area contributed by atoms with Gasteiger partial charge in [0.25, 0.3) is 0 Å². The minimum atomic E-state index is -0.174. The molecule has 4 rings (SSSR count). The molecule has 2 aromatic carbocycles. The van der Waals surface area contributed by atoms with Crippen molar-refractivity contribution < 1.29 is 19.0 Å². The summed E-state index contributed by atoms with van der Waals surface area (Å²) in [5, 5.41) is 0. The van der Waals surface area contributed by atoms with E-state index in [1.54, 1.807) is 14.2 Å². The summed E-state index contributed by atoms with van der Waals surface area (Å²) in [5.41, 5.74) is 5.13. The summed E-state index contributed by atoms with van der Waals surface area (Å²) in [4.78, 5) is 21.5. The van der Waals surface area contributed by atoms with Crippen molar-refractivity contribution >= 4 is 28.0 Å². The predicted octanol–water partition coefficient (Wildman–Crippen LogP) is 3.08. The molecule has 3 aromatic rings. The van der Waals surface area contributed by atoms with E-state index in [0.717, 1.165) is 40.5 Å². The molecule has 0 saturated heterocycles. The van der Waals surface area contributed by atoms with Gasteiger partial charge in [-0.15, -0.1) is 0 Å². The van der Waals surface area contributed by atoms with Gasteiger partial charge in [0.05, 0.1) is 38.3 Å². The number of methoxy groups -OCH3 is 3. The van der Waals surface area contributed by atoms with Gasteiger partial charge < -0.3 is 14.2 Å². The zero-order valence-electron chi connectivity index (χ0n) is 15.0. The van der Waals surface area contributed by atoms with Gasteiger partial charge in [-0.3, -0.25) is 4.79 Å². The van der Waals surface area contributed by atoms with E-state index in [1.807, 2.05) is 18.2 Å². The zero-order valence-corrected chi connectivity index (χ0v) is 15.0. The highest BCUT2D eigenvalue weighted by atomic mass is 16.5. The number of aryl methyl sites for hydroxylation is 1. The summed E-state index contributed by atoms with van der Waals surface area (Å²) in [6.07, 6.45) is 2.14. The summed E-state index contributed by atoms with van der Waals surface area (Å²) >= 11 is 0. The fraction of sp³-hybridized carbons (Fsp3) is 0.350. The van der Waals surface area contributed by atoms with Crippen molar-refractivity contribution in [1.82, 2.24) is 9.97 Å². The maximum Gasteiger partial charge on any atom is 0.309 e. The van der Waals surface area contributed by atoms with Crippen LogP contribution in [-0.4, -0.2) is 37.3 Å². The molecule has 1 aromatic heterocycles. The van der Waals surface area contributed by atoms with Gasteiger partial charge in [0.15, 0.2) is 0 Å². The molecule has 26 heavy (non-hydrogen) atoms. The Morgan fingerprint density at radius 1 is 1.08 bits per heavy atom. The van der Waals surface area contributed by atoms with Gasteiger partial charge in [-0.05, 0) is 43.0 Å². The van der Waals surface area contributed by atoms with Crippen LogP contribution in [0.25, 0.3) is 22.1 Å². The van der Waals surface area contributed by atoms with Gasteiger partial charge in [0.2, 0.25) is 0 Å². The van der Waals surface area contributed by atoms with Crippen LogP contribution in [-0.2, 0) is 22.4 Å². The smallest absolute Gasteiger partial charge is 0.309 e. The molecular weight excluding hydrogens is 332 g/mol. The van der Waals surface area contributed by atoms with E-state index in [0.29, 0.717) is 23.4 Å². The van der Waals surface area contributed by atoms with Crippen LogP contribution in [0.5, 0.6) is 11.5 Å². The van der Waals surface area contributed by atoms with Crippen LogP contribution in [0.3, 0.4) is 0 Å². The number of esters is 1. The quantitative estimate of drug-likeness (QED) is 0.533. The van der Waals surface area contributed by atoms with Crippen LogP contribution < -0.4 is 9.47 Å². The molecule has 0 fully saturated rings. The number of benzene rings is 2. The van der Waals surface area contributed by atoms with E-state index in [1.165, 1.54) is 7.11 Å². The van der Waals surface area contributed by atoms with Gasteiger partial charge in [-0.25, -0.2) is 9.97 Å². The summed E-state index contributed by atoms with van der Waals surface area (Å²) in [7, 11) is 4.69. The Hall–Kier alpha value is -2.89. The van der Waals surface area contributed by atoms with Crippen molar-refractivity contribution in [2.24, 2.45) is 5.92 Å². The second-order valence-electron chi connectivity index (χ2n) is 6.43. The van der Waals surface area contributed by atoms with E-state index in [4.69, 9.17) is 24.2 Å². The molecule has 1 aliphatic rings. The van der Waals surface area contributed by atoms with Crippen LogP contribution in [0, 0.1) is 5.92 Å². The molecule has 134 valence electrons. The summed E-state index contributed by atoms with van der Waals surface area (Å²) < 4.78 is 16.0. The number of para-hydroxylation sites is 1. The van der Waals surface area contributed by atoms with E-state index < -0.39 is 0 Å². The Morgan fingerprint density at radius 3 is 2.62 bits per heavy atom. The molecule has 6 heteroatoms. The number of aromatic nitrogens is 2. The lowest BCUT2D eigenvalue weighted by Gasteiger charge is -2.25. The fourth-order valence-corrected chi connectivity index (χ4v) is 3.75. The van der Waals surface area contributed by atoms with Gasteiger partial charge in [0, 0.05) is 5.56 Å². The maximum absolute atomic E-state index is 12.0. The average molecular weight is 352 g/mol. The monoisotopic (exact) mass is 352 g/mol. The Bertz CT molecular complexity index is 1020. The van der Waals surface area contributed by atoms with Crippen LogP contribution in [0.2, 0.25) is 0 Å². The highest BCUT2D eigenvalue weighted by Crippen LogP contribution is 2.38. The molecule has 0 bridgehead atoms. The highest BCUT2D eigenvalue weighted by molar-refractivity contribution is 5.93. The molecule has 0 saturated carbocycles. The topological polar surface area (TPSA) is 70.5 Å². The zero-order chi connectivity index (χ0) is 18.3. The first-order valence-electron chi connectivity index (χ1n) is 8.57. The van der Waals surface area contributed by atoms with E-state index in [2.05, 4.69) is 6.07 Å². The second kappa shape index (κ2) is 6.44. The Kier molecular flexibility index (Phi) is 4.11. The Labute approximate surface area is 151 Å². The van der Waals surface area contributed by atoms with Gasteiger partial charge in [0.1, 0.15) is 22.5 Å². The first kappa shape index (κ1) is 16.6. The van der Waals surface area contributed by atoms with Crippen molar-refractivity contribution in [3.05, 3.63) is 35.4 Å². The summed E-state index contributed by atoms with van der Waals surface area (Å²) in [6, 6.07) is 7.72. The van der Waals surface area contributed by atoms with Crippen molar-refractivity contribution in [2.45, 2.75) is 19.3 Å². The number of hydrogen-bond acceptors (Lipinski definition) is 6. The van der Waals surface area contributed by atoms with Gasteiger partial charge >= 0.3 is 5.97 Å². The summed E-state index contributed by atoms with van der Waals surface area (Å²) in [5.74, 6) is 1.07. The third-order valence-electron chi connectivity index (χ3n) is 5.04.